The summed E-state index contributed by atoms with van der Waals surface area (Å²) in [7, 11) is -1.18. The van der Waals surface area contributed by atoms with Crippen molar-refractivity contribution >= 4 is 22.6 Å². The van der Waals surface area contributed by atoms with Gasteiger partial charge < -0.3 is 4.74 Å². The Morgan fingerprint density at radius 1 is 1.42 bits per heavy atom. The molecule has 0 bridgehead atoms. The largest absolute Gasteiger partial charge is 0.373 e. The van der Waals surface area contributed by atoms with E-state index in [9.17, 15) is 4.21 Å². The van der Waals surface area contributed by atoms with Crippen molar-refractivity contribution < 1.29 is 8.95 Å². The lowest BCUT2D eigenvalue weighted by atomic mass is 10.1. The van der Waals surface area contributed by atoms with Gasteiger partial charge in [0.05, 0.1) is 57.6 Å². The zero-order chi connectivity index (χ0) is 17.5. The molecule has 0 amide bonds. The molecule has 2 atom stereocenters. The van der Waals surface area contributed by atoms with Gasteiger partial charge in [-0.3, -0.25) is 0 Å². The maximum Gasteiger partial charge on any atom is 0.0976 e. The maximum atomic E-state index is 12.4. The number of fused-ring (bicyclic) bond motifs is 1. The van der Waals surface area contributed by atoms with Crippen LogP contribution in [-0.2, 0) is 22.3 Å². The third kappa shape index (κ3) is 3.28. The van der Waals surface area contributed by atoms with E-state index in [2.05, 4.69) is 9.82 Å². The van der Waals surface area contributed by atoms with E-state index in [0.29, 0.717) is 18.2 Å². The number of para-hydroxylation sites is 1. The van der Waals surface area contributed by atoms with E-state index in [1.807, 2.05) is 56.8 Å². The van der Waals surface area contributed by atoms with Gasteiger partial charge in [-0.1, -0.05) is 23.7 Å². The Morgan fingerprint density at radius 2 is 2.17 bits per heavy atom. The molecule has 1 aromatic carbocycles. The molecule has 1 aromatic heterocycles. The molecule has 130 valence electrons. The van der Waals surface area contributed by atoms with Crippen molar-refractivity contribution in [3.8, 4) is 5.69 Å². The van der Waals surface area contributed by atoms with Crippen LogP contribution in [0.2, 0.25) is 5.02 Å². The highest BCUT2D eigenvalue weighted by atomic mass is 35.5. The number of ether oxygens (including phenoxy) is 1. The average molecular weight is 368 g/mol. The minimum atomic E-state index is -1.18. The minimum Gasteiger partial charge on any atom is -0.373 e. The Kier molecular flexibility index (Phi) is 4.84. The highest BCUT2D eigenvalue weighted by Crippen LogP contribution is 2.31. The highest BCUT2D eigenvalue weighted by Gasteiger charge is 2.30. The Hall–Kier alpha value is -1.21. The van der Waals surface area contributed by atoms with Crippen LogP contribution in [-0.4, -0.2) is 25.3 Å². The molecule has 0 radical (unpaired) electrons. The fourth-order valence-electron chi connectivity index (χ4n) is 2.67. The van der Waals surface area contributed by atoms with Gasteiger partial charge in [-0.05, 0) is 39.3 Å². The lowest BCUT2D eigenvalue weighted by molar-refractivity contribution is 0.0847. The van der Waals surface area contributed by atoms with Crippen LogP contribution < -0.4 is 4.72 Å². The summed E-state index contributed by atoms with van der Waals surface area (Å²) in [6.07, 6.45) is 1.82. The Labute approximate surface area is 149 Å². The summed E-state index contributed by atoms with van der Waals surface area (Å²) in [4.78, 5) is 0. The number of nitrogens with one attached hydrogen (secondary N) is 1. The van der Waals surface area contributed by atoms with Crippen LogP contribution in [0.1, 0.15) is 43.6 Å². The first-order chi connectivity index (χ1) is 11.3. The highest BCUT2D eigenvalue weighted by molar-refractivity contribution is 7.84. The second kappa shape index (κ2) is 6.59. The molecule has 1 unspecified atom stereocenters. The van der Waals surface area contributed by atoms with E-state index in [1.54, 1.807) is 0 Å². The van der Waals surface area contributed by atoms with Crippen LogP contribution in [0.15, 0.2) is 24.4 Å². The van der Waals surface area contributed by atoms with Crippen molar-refractivity contribution in [3.63, 3.8) is 0 Å². The van der Waals surface area contributed by atoms with E-state index in [-0.39, 0.29) is 10.8 Å². The summed E-state index contributed by atoms with van der Waals surface area (Å²) in [5.41, 5.74) is 3.86. The van der Waals surface area contributed by atoms with Crippen LogP contribution in [0.4, 0.5) is 0 Å². The first kappa shape index (κ1) is 17.6. The minimum absolute atomic E-state index is 0.148. The molecule has 1 N–H and O–H groups in total. The lowest BCUT2D eigenvalue weighted by Gasteiger charge is -2.27. The number of aryl methyl sites for hydroxylation is 1. The van der Waals surface area contributed by atoms with Crippen LogP contribution in [0.5, 0.6) is 0 Å². The Balaban J connectivity index is 1.98. The van der Waals surface area contributed by atoms with Gasteiger partial charge in [0.2, 0.25) is 0 Å². The molecule has 2 aromatic rings. The zero-order valence-electron chi connectivity index (χ0n) is 14.3. The molecule has 7 heteroatoms. The predicted molar refractivity (Wildman–Crippen MR) is 96.7 cm³/mol. The van der Waals surface area contributed by atoms with Crippen LogP contribution >= 0.6 is 11.6 Å². The Morgan fingerprint density at radius 3 is 2.83 bits per heavy atom. The van der Waals surface area contributed by atoms with Crippen molar-refractivity contribution in [2.75, 3.05) is 6.61 Å². The average Bonchev–Trinajstić information content (AvgIpc) is 2.91. The normalized spacial score (nSPS) is 19.1. The van der Waals surface area contributed by atoms with E-state index < -0.39 is 11.0 Å². The number of hydrogen-bond acceptors (Lipinski definition) is 3. The molecule has 1 aliphatic rings. The molecule has 0 spiro atoms. The van der Waals surface area contributed by atoms with Crippen LogP contribution in [0.25, 0.3) is 5.69 Å². The van der Waals surface area contributed by atoms with Crippen molar-refractivity contribution in [2.24, 2.45) is 0 Å². The number of hydrogen-bond donors (Lipinski definition) is 1. The number of rotatable bonds is 3. The van der Waals surface area contributed by atoms with Gasteiger partial charge in [0, 0.05) is 5.56 Å². The van der Waals surface area contributed by atoms with E-state index in [0.717, 1.165) is 22.5 Å². The Bertz CT molecular complexity index is 762. The third-order valence-corrected chi connectivity index (χ3v) is 5.92. The fourth-order valence-corrected chi connectivity index (χ4v) is 3.78. The van der Waals surface area contributed by atoms with Gasteiger partial charge in [0.15, 0.2) is 0 Å². The summed E-state index contributed by atoms with van der Waals surface area (Å²) < 4.78 is 22.8. The summed E-state index contributed by atoms with van der Waals surface area (Å²) in [6, 6.07) is 5.63. The van der Waals surface area contributed by atoms with Crippen molar-refractivity contribution in [3.05, 3.63) is 46.2 Å². The topological polar surface area (TPSA) is 56.1 Å². The van der Waals surface area contributed by atoms with Crippen molar-refractivity contribution in [2.45, 2.75) is 45.1 Å². The number of nitrogens with zero attached hydrogens (tertiary/aromatic N) is 2. The van der Waals surface area contributed by atoms with Gasteiger partial charge in [0.25, 0.3) is 0 Å². The summed E-state index contributed by atoms with van der Waals surface area (Å²) >= 11 is 6.38. The fraction of sp³-hybridized carbons (Fsp3) is 0.471. The smallest absolute Gasteiger partial charge is 0.0976 e. The summed E-state index contributed by atoms with van der Waals surface area (Å²) in [5.74, 6) is 0. The first-order valence-corrected chi connectivity index (χ1v) is 9.40. The lowest BCUT2D eigenvalue weighted by Crippen LogP contribution is -2.38. The molecule has 0 fully saturated rings. The SMILES string of the molecule is Cc1cccc(Cl)c1-n1ncc2c1COC[C@H]2NS(=O)C(C)(C)C. The van der Waals surface area contributed by atoms with E-state index in [1.165, 1.54) is 0 Å². The molecular formula is C17H22ClN3O2S. The van der Waals surface area contributed by atoms with Gasteiger partial charge in [-0.2, -0.15) is 5.10 Å². The maximum absolute atomic E-state index is 12.4. The van der Waals surface area contributed by atoms with Gasteiger partial charge in [0.1, 0.15) is 0 Å². The molecule has 24 heavy (non-hydrogen) atoms. The van der Waals surface area contributed by atoms with Gasteiger partial charge in [-0.25, -0.2) is 13.6 Å². The molecule has 0 saturated heterocycles. The summed E-state index contributed by atoms with van der Waals surface area (Å²) in [5, 5.41) is 5.17. The molecule has 0 aliphatic carbocycles. The van der Waals surface area contributed by atoms with Crippen LogP contribution in [0, 0.1) is 6.92 Å². The van der Waals surface area contributed by atoms with Crippen molar-refractivity contribution in [1.82, 2.24) is 14.5 Å². The van der Waals surface area contributed by atoms with Gasteiger partial charge >= 0.3 is 0 Å². The number of aromatic nitrogens is 2. The standard InChI is InChI=1S/C17H22ClN3O2S/c1-11-6-5-7-13(18)16(11)21-15-10-23-9-14(12(15)8-19-21)20-24(22)17(2,3)4/h5-8,14,20H,9-10H2,1-4H3/t14-,24?/m1/s1. The molecular weight excluding hydrogens is 346 g/mol. The zero-order valence-corrected chi connectivity index (χ0v) is 15.9. The second-order valence-corrected chi connectivity index (χ2v) is 9.34. The number of halogens is 1. The first-order valence-electron chi connectivity index (χ1n) is 7.87. The van der Waals surface area contributed by atoms with E-state index >= 15 is 0 Å². The molecule has 2 heterocycles. The van der Waals surface area contributed by atoms with Gasteiger partial charge in [-0.15, -0.1) is 0 Å². The molecule has 0 saturated carbocycles. The second-order valence-electron chi connectivity index (χ2n) is 6.93. The monoisotopic (exact) mass is 367 g/mol. The van der Waals surface area contributed by atoms with Crippen LogP contribution in [0.3, 0.4) is 0 Å². The molecule has 5 nitrogen and oxygen atoms in total. The number of benzene rings is 1. The predicted octanol–water partition coefficient (Wildman–Crippen LogP) is 3.46. The van der Waals surface area contributed by atoms with E-state index in [4.69, 9.17) is 16.3 Å². The third-order valence-electron chi connectivity index (χ3n) is 4.01. The molecule has 1 aliphatic heterocycles. The quantitative estimate of drug-likeness (QED) is 0.903. The molecule has 3 rings (SSSR count). The summed E-state index contributed by atoms with van der Waals surface area (Å²) in [6.45, 7) is 8.76. The van der Waals surface area contributed by atoms with Crippen molar-refractivity contribution in [1.29, 1.82) is 0 Å².